The first-order valence-electron chi connectivity index (χ1n) is 9.54. The lowest BCUT2D eigenvalue weighted by Crippen LogP contribution is -2.42. The molecule has 4 rings (SSSR count). The molecule has 0 saturated carbocycles. The van der Waals surface area contributed by atoms with Gasteiger partial charge in [-0.25, -0.2) is 18.0 Å². The SMILES string of the molecule is O=C(Cn1c(=O)n(Cc2ccc(F)cc2)c(=O)c2ccccc21)Nc1cc(F)cc(F)c1. The number of para-hydroxylation sites is 1. The Balaban J connectivity index is 1.74. The number of nitrogens with one attached hydrogen (secondary N) is 1. The zero-order valence-electron chi connectivity index (χ0n) is 16.5. The van der Waals surface area contributed by atoms with Crippen LogP contribution in [-0.4, -0.2) is 15.0 Å². The first-order chi connectivity index (χ1) is 15.3. The van der Waals surface area contributed by atoms with Gasteiger partial charge in [0.15, 0.2) is 0 Å². The highest BCUT2D eigenvalue weighted by molar-refractivity contribution is 5.91. The number of anilines is 1. The summed E-state index contributed by atoms with van der Waals surface area (Å²) in [5.41, 5.74) is -0.660. The highest BCUT2D eigenvalue weighted by atomic mass is 19.1. The molecule has 32 heavy (non-hydrogen) atoms. The van der Waals surface area contributed by atoms with Crippen molar-refractivity contribution in [2.24, 2.45) is 0 Å². The van der Waals surface area contributed by atoms with E-state index in [4.69, 9.17) is 0 Å². The van der Waals surface area contributed by atoms with E-state index in [1.54, 1.807) is 12.1 Å². The first-order valence-corrected chi connectivity index (χ1v) is 9.54. The Bertz CT molecular complexity index is 1420. The normalized spacial score (nSPS) is 11.0. The third-order valence-corrected chi connectivity index (χ3v) is 4.83. The number of rotatable bonds is 5. The van der Waals surface area contributed by atoms with Crippen LogP contribution in [0.15, 0.2) is 76.3 Å². The largest absolute Gasteiger partial charge is 0.332 e. The lowest BCUT2D eigenvalue weighted by Gasteiger charge is -2.14. The van der Waals surface area contributed by atoms with E-state index in [0.29, 0.717) is 11.6 Å². The summed E-state index contributed by atoms with van der Waals surface area (Å²) in [7, 11) is 0. The maximum absolute atomic E-state index is 13.4. The molecule has 0 aliphatic rings. The number of amides is 1. The molecular weight excluding hydrogens is 423 g/mol. The van der Waals surface area contributed by atoms with E-state index in [1.807, 2.05) is 0 Å². The van der Waals surface area contributed by atoms with Crippen molar-refractivity contribution in [1.82, 2.24) is 9.13 Å². The molecule has 1 aromatic heterocycles. The van der Waals surface area contributed by atoms with Crippen molar-refractivity contribution in [2.45, 2.75) is 13.1 Å². The number of hydrogen-bond donors (Lipinski definition) is 1. The van der Waals surface area contributed by atoms with Crippen LogP contribution in [0.25, 0.3) is 10.9 Å². The molecule has 0 unspecified atom stereocenters. The first kappa shape index (κ1) is 21.1. The van der Waals surface area contributed by atoms with E-state index in [0.717, 1.165) is 21.3 Å². The van der Waals surface area contributed by atoms with Crippen LogP contribution in [0.5, 0.6) is 0 Å². The zero-order valence-corrected chi connectivity index (χ0v) is 16.5. The molecule has 0 aliphatic carbocycles. The van der Waals surface area contributed by atoms with Gasteiger partial charge in [-0.05, 0) is 42.0 Å². The summed E-state index contributed by atoms with van der Waals surface area (Å²) in [5.74, 6) is -2.90. The Hall–Kier alpha value is -4.14. The maximum Gasteiger partial charge on any atom is 0.332 e. The Morgan fingerprint density at radius 1 is 0.812 bits per heavy atom. The van der Waals surface area contributed by atoms with E-state index in [-0.39, 0.29) is 23.1 Å². The molecule has 162 valence electrons. The number of fused-ring (bicyclic) bond motifs is 1. The fourth-order valence-corrected chi connectivity index (χ4v) is 3.41. The molecule has 0 spiro atoms. The Morgan fingerprint density at radius 2 is 1.47 bits per heavy atom. The van der Waals surface area contributed by atoms with Gasteiger partial charge in [0.25, 0.3) is 5.56 Å². The van der Waals surface area contributed by atoms with Crippen molar-refractivity contribution in [2.75, 3.05) is 5.32 Å². The molecule has 9 heteroatoms. The predicted octanol–water partition coefficient (Wildman–Crippen LogP) is 3.27. The minimum atomic E-state index is -0.865. The van der Waals surface area contributed by atoms with Crippen LogP contribution in [0, 0.1) is 17.5 Å². The monoisotopic (exact) mass is 439 g/mol. The van der Waals surface area contributed by atoms with Gasteiger partial charge >= 0.3 is 5.69 Å². The second-order valence-corrected chi connectivity index (χ2v) is 7.11. The van der Waals surface area contributed by atoms with Gasteiger partial charge in [-0.15, -0.1) is 0 Å². The topological polar surface area (TPSA) is 73.1 Å². The number of carbonyl (C=O) groups is 1. The highest BCUT2D eigenvalue weighted by Gasteiger charge is 2.16. The van der Waals surface area contributed by atoms with Gasteiger partial charge in [-0.1, -0.05) is 24.3 Å². The van der Waals surface area contributed by atoms with E-state index >= 15 is 0 Å². The molecule has 0 saturated heterocycles. The molecule has 1 amide bonds. The Kier molecular flexibility index (Phi) is 5.63. The molecule has 4 aromatic rings. The third-order valence-electron chi connectivity index (χ3n) is 4.83. The average molecular weight is 439 g/mol. The van der Waals surface area contributed by atoms with Crippen molar-refractivity contribution in [3.8, 4) is 0 Å². The van der Waals surface area contributed by atoms with Crippen molar-refractivity contribution >= 4 is 22.5 Å². The minimum absolute atomic E-state index is 0.107. The molecule has 1 N–H and O–H groups in total. The van der Waals surface area contributed by atoms with Gasteiger partial charge < -0.3 is 5.32 Å². The number of hydrogen-bond acceptors (Lipinski definition) is 3. The fourth-order valence-electron chi connectivity index (χ4n) is 3.41. The standard InChI is InChI=1S/C23H16F3N3O3/c24-15-7-5-14(6-8-15)12-29-22(31)19-3-1-2-4-20(19)28(23(29)32)13-21(30)27-18-10-16(25)9-17(26)11-18/h1-11H,12-13H2,(H,27,30). The van der Waals surface area contributed by atoms with E-state index in [1.165, 1.54) is 36.4 Å². The Morgan fingerprint density at radius 3 is 2.16 bits per heavy atom. The molecular formula is C23H16F3N3O3. The van der Waals surface area contributed by atoms with Crippen LogP contribution >= 0.6 is 0 Å². The third kappa shape index (κ3) is 4.31. The number of nitrogens with zero attached hydrogens (tertiary/aromatic N) is 2. The summed E-state index contributed by atoms with van der Waals surface area (Å²) >= 11 is 0. The van der Waals surface area contributed by atoms with E-state index in [2.05, 4.69) is 5.32 Å². The summed E-state index contributed by atoms with van der Waals surface area (Å²) in [4.78, 5) is 38.6. The van der Waals surface area contributed by atoms with Gasteiger partial charge in [-0.3, -0.25) is 18.7 Å². The molecule has 0 aliphatic heterocycles. The van der Waals surface area contributed by atoms with Crippen molar-refractivity contribution in [3.05, 3.63) is 111 Å². The van der Waals surface area contributed by atoms with Crippen LogP contribution in [0.4, 0.5) is 18.9 Å². The number of halogens is 3. The quantitative estimate of drug-likeness (QED) is 0.519. The predicted molar refractivity (Wildman–Crippen MR) is 113 cm³/mol. The second kappa shape index (κ2) is 8.54. The summed E-state index contributed by atoms with van der Waals surface area (Å²) in [5, 5.41) is 2.55. The van der Waals surface area contributed by atoms with E-state index < -0.39 is 41.2 Å². The van der Waals surface area contributed by atoms with Crippen LogP contribution < -0.4 is 16.6 Å². The van der Waals surface area contributed by atoms with Crippen molar-refractivity contribution < 1.29 is 18.0 Å². The Labute approximate surface area is 179 Å². The molecule has 6 nitrogen and oxygen atoms in total. The summed E-state index contributed by atoms with van der Waals surface area (Å²) in [6.45, 7) is -0.624. The lowest BCUT2D eigenvalue weighted by molar-refractivity contribution is -0.116. The van der Waals surface area contributed by atoms with Crippen molar-refractivity contribution in [3.63, 3.8) is 0 Å². The van der Waals surface area contributed by atoms with Crippen LogP contribution in [0.1, 0.15) is 5.56 Å². The summed E-state index contributed by atoms with van der Waals surface area (Å²) in [6, 6.07) is 14.2. The maximum atomic E-state index is 13.4. The zero-order chi connectivity index (χ0) is 22.8. The smallest absolute Gasteiger partial charge is 0.324 e. The highest BCUT2D eigenvalue weighted by Crippen LogP contribution is 2.14. The number of benzene rings is 3. The van der Waals surface area contributed by atoms with Gasteiger partial charge in [-0.2, -0.15) is 0 Å². The summed E-state index contributed by atoms with van der Waals surface area (Å²) in [6.07, 6.45) is 0. The van der Waals surface area contributed by atoms with Gasteiger partial charge in [0.1, 0.15) is 24.0 Å². The fraction of sp³-hybridized carbons (Fsp3) is 0.0870. The minimum Gasteiger partial charge on any atom is -0.324 e. The van der Waals surface area contributed by atoms with E-state index in [9.17, 15) is 27.6 Å². The van der Waals surface area contributed by atoms with Crippen LogP contribution in [0.2, 0.25) is 0 Å². The lowest BCUT2D eigenvalue weighted by atomic mass is 10.2. The molecule has 0 fully saturated rings. The van der Waals surface area contributed by atoms with Gasteiger partial charge in [0, 0.05) is 11.8 Å². The molecule has 1 heterocycles. The molecule has 3 aromatic carbocycles. The molecule has 0 radical (unpaired) electrons. The number of aromatic nitrogens is 2. The number of carbonyl (C=O) groups excluding carboxylic acids is 1. The molecule has 0 bridgehead atoms. The van der Waals surface area contributed by atoms with Crippen LogP contribution in [0.3, 0.4) is 0 Å². The van der Waals surface area contributed by atoms with Gasteiger partial charge in [0.2, 0.25) is 5.91 Å². The van der Waals surface area contributed by atoms with Crippen molar-refractivity contribution in [1.29, 1.82) is 0 Å². The molecule has 0 atom stereocenters. The average Bonchev–Trinajstić information content (AvgIpc) is 2.75. The van der Waals surface area contributed by atoms with Gasteiger partial charge in [0.05, 0.1) is 17.4 Å². The second-order valence-electron chi connectivity index (χ2n) is 7.11. The van der Waals surface area contributed by atoms with Crippen LogP contribution in [-0.2, 0) is 17.9 Å². The summed E-state index contributed by atoms with van der Waals surface area (Å²) < 4.78 is 42.1.